The van der Waals surface area contributed by atoms with Crippen molar-refractivity contribution in [3.05, 3.63) is 125 Å². The highest BCUT2D eigenvalue weighted by atomic mass is 35.5. The molecular formula is C33H28ClNO5. The lowest BCUT2D eigenvalue weighted by Crippen LogP contribution is -2.26. The number of ketones is 2. The van der Waals surface area contributed by atoms with Crippen LogP contribution in [0.3, 0.4) is 0 Å². The van der Waals surface area contributed by atoms with Crippen LogP contribution in [0.2, 0.25) is 5.02 Å². The Hall–Kier alpha value is -4.55. The fourth-order valence-corrected chi connectivity index (χ4v) is 4.60. The highest BCUT2D eigenvalue weighted by Crippen LogP contribution is 2.29. The van der Waals surface area contributed by atoms with E-state index in [1.807, 2.05) is 36.4 Å². The summed E-state index contributed by atoms with van der Waals surface area (Å²) in [5, 5.41) is 3.14. The molecule has 0 saturated heterocycles. The summed E-state index contributed by atoms with van der Waals surface area (Å²) in [6, 6.07) is 29.9. The largest absolute Gasteiger partial charge is 0.466 e. The monoisotopic (exact) mass is 553 g/mol. The summed E-state index contributed by atoms with van der Waals surface area (Å²) in [6.07, 6.45) is -0.489. The number of hydrogen-bond acceptors (Lipinski definition) is 5. The molecule has 7 heteroatoms. The lowest BCUT2D eigenvalue weighted by atomic mass is 9.94. The molecule has 0 fully saturated rings. The number of carbonyl (C=O) groups is 4. The van der Waals surface area contributed by atoms with Crippen molar-refractivity contribution >= 4 is 40.7 Å². The molecule has 0 saturated carbocycles. The van der Waals surface area contributed by atoms with Gasteiger partial charge in [0.05, 0.1) is 12.5 Å². The number of amides is 1. The molecule has 4 rings (SSSR count). The summed E-state index contributed by atoms with van der Waals surface area (Å²) in [5.74, 6) is -2.61. The number of nitrogens with one attached hydrogen (secondary N) is 1. The van der Waals surface area contributed by atoms with E-state index in [0.717, 1.165) is 11.1 Å². The highest BCUT2D eigenvalue weighted by Gasteiger charge is 2.27. The number of anilines is 1. The molecule has 1 N–H and O–H groups in total. The van der Waals surface area contributed by atoms with Crippen molar-refractivity contribution in [1.82, 2.24) is 0 Å². The van der Waals surface area contributed by atoms with Gasteiger partial charge in [-0.3, -0.25) is 19.2 Å². The van der Waals surface area contributed by atoms with E-state index in [0.29, 0.717) is 27.4 Å². The molecule has 40 heavy (non-hydrogen) atoms. The van der Waals surface area contributed by atoms with Crippen LogP contribution in [-0.4, -0.2) is 30.0 Å². The van der Waals surface area contributed by atoms with Crippen molar-refractivity contribution in [2.45, 2.75) is 19.8 Å². The molecule has 0 aliphatic rings. The third-order valence-electron chi connectivity index (χ3n) is 6.30. The van der Waals surface area contributed by atoms with Gasteiger partial charge < -0.3 is 10.1 Å². The van der Waals surface area contributed by atoms with E-state index in [2.05, 4.69) is 5.32 Å². The van der Waals surface area contributed by atoms with Gasteiger partial charge in [0.15, 0.2) is 11.6 Å². The Morgan fingerprint density at radius 2 is 1.43 bits per heavy atom. The molecule has 0 aliphatic carbocycles. The van der Waals surface area contributed by atoms with Crippen LogP contribution in [0.1, 0.15) is 46.0 Å². The average molecular weight is 554 g/mol. The molecule has 0 aromatic heterocycles. The fourth-order valence-electron chi connectivity index (χ4n) is 4.31. The third-order valence-corrected chi connectivity index (χ3v) is 6.62. The zero-order valence-corrected chi connectivity index (χ0v) is 22.7. The average Bonchev–Trinajstić information content (AvgIpc) is 2.97. The number of esters is 1. The van der Waals surface area contributed by atoms with Crippen molar-refractivity contribution in [2.75, 3.05) is 11.9 Å². The zero-order valence-electron chi connectivity index (χ0n) is 21.9. The first-order valence-electron chi connectivity index (χ1n) is 12.9. The van der Waals surface area contributed by atoms with E-state index in [1.165, 1.54) is 0 Å². The van der Waals surface area contributed by atoms with Crippen LogP contribution in [-0.2, 0) is 14.3 Å². The van der Waals surface area contributed by atoms with Gasteiger partial charge in [-0.15, -0.1) is 0 Å². The number of rotatable bonds is 11. The van der Waals surface area contributed by atoms with Crippen LogP contribution in [0.15, 0.2) is 103 Å². The quantitative estimate of drug-likeness (QED) is 0.159. The van der Waals surface area contributed by atoms with Crippen molar-refractivity contribution in [3.63, 3.8) is 0 Å². The zero-order chi connectivity index (χ0) is 28.5. The number of ether oxygens (including phenoxy) is 1. The Balaban J connectivity index is 1.45. The molecule has 0 radical (unpaired) electrons. The van der Waals surface area contributed by atoms with Crippen LogP contribution in [0.5, 0.6) is 0 Å². The second kappa shape index (κ2) is 13.5. The first-order chi connectivity index (χ1) is 19.4. The predicted molar refractivity (Wildman–Crippen MR) is 156 cm³/mol. The molecule has 1 atom stereocenters. The summed E-state index contributed by atoms with van der Waals surface area (Å²) >= 11 is 6.47. The molecule has 0 aliphatic heterocycles. The van der Waals surface area contributed by atoms with Crippen LogP contribution >= 0.6 is 11.6 Å². The fraction of sp³-hybridized carbons (Fsp3) is 0.152. The lowest BCUT2D eigenvalue weighted by molar-refractivity contribution is -0.149. The summed E-state index contributed by atoms with van der Waals surface area (Å²) in [6.45, 7) is 1.78. The minimum Gasteiger partial charge on any atom is -0.466 e. The van der Waals surface area contributed by atoms with Gasteiger partial charge in [-0.05, 0) is 30.7 Å². The minimum atomic E-state index is -0.992. The van der Waals surface area contributed by atoms with Crippen molar-refractivity contribution < 1.29 is 23.9 Å². The number of carbonyl (C=O) groups excluding carboxylic acids is 4. The lowest BCUT2D eigenvalue weighted by Gasteiger charge is -2.16. The smallest absolute Gasteiger partial charge is 0.309 e. The number of hydrogen-bond donors (Lipinski definition) is 1. The van der Waals surface area contributed by atoms with Gasteiger partial charge in [-0.1, -0.05) is 96.5 Å². The molecule has 1 unspecified atom stereocenters. The van der Waals surface area contributed by atoms with E-state index in [1.54, 1.807) is 73.7 Å². The van der Waals surface area contributed by atoms with Crippen LogP contribution in [0.4, 0.5) is 5.69 Å². The van der Waals surface area contributed by atoms with E-state index in [-0.39, 0.29) is 31.0 Å². The summed E-state index contributed by atoms with van der Waals surface area (Å²) < 4.78 is 5.15. The van der Waals surface area contributed by atoms with Crippen LogP contribution < -0.4 is 5.32 Å². The van der Waals surface area contributed by atoms with Gasteiger partial charge in [-0.2, -0.15) is 0 Å². The second-order valence-electron chi connectivity index (χ2n) is 9.17. The summed E-state index contributed by atoms with van der Waals surface area (Å²) in [7, 11) is 0. The van der Waals surface area contributed by atoms with Gasteiger partial charge in [-0.25, -0.2) is 0 Å². The van der Waals surface area contributed by atoms with Gasteiger partial charge in [0.25, 0.3) is 0 Å². The SMILES string of the molecule is CCOC(=O)C(CC(=O)Nc1cccc(C(=O)c2ccccc2)c1)CC(=O)c1ccc(-c2ccccc2)c(Cl)c1. The Bertz CT molecular complexity index is 1520. The van der Waals surface area contributed by atoms with Gasteiger partial charge in [0.1, 0.15) is 0 Å². The Labute approximate surface area is 237 Å². The van der Waals surface area contributed by atoms with Gasteiger partial charge >= 0.3 is 5.97 Å². The standard InChI is InChI=1S/C33H28ClNO5/c1-2-40-33(39)26(20-30(36)24-16-17-28(29(34)19-24)22-10-5-3-6-11-22)21-31(37)35-27-15-9-14-25(18-27)32(38)23-12-7-4-8-13-23/h3-19,26H,2,20-21H2,1H3,(H,35,37). The molecular weight excluding hydrogens is 526 g/mol. The molecule has 0 spiro atoms. The maximum Gasteiger partial charge on any atom is 0.309 e. The normalized spacial score (nSPS) is 11.3. The van der Waals surface area contributed by atoms with Crippen LogP contribution in [0.25, 0.3) is 11.1 Å². The topological polar surface area (TPSA) is 89.5 Å². The number of Topliss-reactive ketones (excluding diaryl/α,β-unsaturated/α-hetero) is 1. The molecule has 202 valence electrons. The first-order valence-corrected chi connectivity index (χ1v) is 13.3. The third kappa shape index (κ3) is 7.30. The van der Waals surface area contributed by atoms with E-state index < -0.39 is 17.8 Å². The molecule has 0 bridgehead atoms. The van der Waals surface area contributed by atoms with Gasteiger partial charge in [0.2, 0.25) is 5.91 Å². The molecule has 0 heterocycles. The molecule has 4 aromatic rings. The molecule has 4 aromatic carbocycles. The predicted octanol–water partition coefficient (Wildman–Crippen LogP) is 7.02. The van der Waals surface area contributed by atoms with Crippen molar-refractivity contribution in [1.29, 1.82) is 0 Å². The van der Waals surface area contributed by atoms with E-state index >= 15 is 0 Å². The van der Waals surface area contributed by atoms with Crippen LogP contribution in [0, 0.1) is 5.92 Å². The van der Waals surface area contributed by atoms with Gasteiger partial charge in [0, 0.05) is 45.8 Å². The Morgan fingerprint density at radius 3 is 2.10 bits per heavy atom. The summed E-state index contributed by atoms with van der Waals surface area (Å²) in [4.78, 5) is 51.5. The van der Waals surface area contributed by atoms with Crippen molar-refractivity contribution in [3.8, 4) is 11.1 Å². The molecule has 1 amide bonds. The highest BCUT2D eigenvalue weighted by molar-refractivity contribution is 6.33. The van der Waals surface area contributed by atoms with E-state index in [4.69, 9.17) is 16.3 Å². The number of benzene rings is 4. The molecule has 6 nitrogen and oxygen atoms in total. The van der Waals surface area contributed by atoms with Crippen molar-refractivity contribution in [2.24, 2.45) is 5.92 Å². The maximum atomic E-state index is 13.1. The van der Waals surface area contributed by atoms with E-state index in [9.17, 15) is 19.2 Å². The number of halogens is 1. The second-order valence-corrected chi connectivity index (χ2v) is 9.57. The maximum absolute atomic E-state index is 13.1. The summed E-state index contributed by atoms with van der Waals surface area (Å²) in [5.41, 5.74) is 3.39. The Kier molecular flexibility index (Phi) is 9.60. The Morgan fingerprint density at radius 1 is 0.750 bits per heavy atom. The first kappa shape index (κ1) is 28.5. The minimum absolute atomic E-state index is 0.117.